The van der Waals surface area contributed by atoms with Crippen LogP contribution in [-0.4, -0.2) is 24.1 Å². The molecule has 0 saturated carbocycles. The first-order chi connectivity index (χ1) is 8.54. The molecule has 3 N–H and O–H groups in total. The Morgan fingerprint density at radius 3 is 2.89 bits per heavy atom. The van der Waals surface area contributed by atoms with Crippen molar-refractivity contribution < 1.29 is 5.21 Å². The van der Waals surface area contributed by atoms with Crippen LogP contribution < -0.4 is 10.6 Å². The van der Waals surface area contributed by atoms with Crippen LogP contribution in [-0.2, 0) is 6.42 Å². The molecule has 1 heterocycles. The Morgan fingerprint density at radius 2 is 2.17 bits per heavy atom. The van der Waals surface area contributed by atoms with E-state index < -0.39 is 0 Å². The smallest absolute Gasteiger partial charge is 0.144 e. The summed E-state index contributed by atoms with van der Waals surface area (Å²) in [4.78, 5) is 2.38. The highest BCUT2D eigenvalue weighted by atomic mass is 16.4. The Morgan fingerprint density at radius 1 is 1.44 bits per heavy atom. The molecule has 0 atom stereocenters. The molecule has 2 rings (SSSR count). The lowest BCUT2D eigenvalue weighted by atomic mass is 9.88. The Balaban J connectivity index is 2.01. The second-order valence-corrected chi connectivity index (χ2v) is 5.48. The van der Waals surface area contributed by atoms with E-state index in [1.807, 2.05) is 13.8 Å². The highest BCUT2D eigenvalue weighted by Gasteiger charge is 2.26. The number of anilines is 1. The van der Waals surface area contributed by atoms with Gasteiger partial charge in [0.05, 0.1) is 0 Å². The van der Waals surface area contributed by atoms with Crippen molar-refractivity contribution >= 4 is 11.5 Å². The molecule has 0 saturated heterocycles. The van der Waals surface area contributed by atoms with Crippen LogP contribution >= 0.6 is 0 Å². The molecule has 1 aromatic carbocycles. The van der Waals surface area contributed by atoms with E-state index in [0.717, 1.165) is 25.9 Å². The quantitative estimate of drug-likeness (QED) is 0.371. The minimum absolute atomic E-state index is 0.272. The number of rotatable bonds is 4. The van der Waals surface area contributed by atoms with E-state index in [1.165, 1.54) is 11.3 Å². The van der Waals surface area contributed by atoms with Crippen LogP contribution in [0.4, 0.5) is 5.69 Å². The van der Waals surface area contributed by atoms with E-state index in [9.17, 15) is 0 Å². The summed E-state index contributed by atoms with van der Waals surface area (Å²) in [6.45, 7) is 6.00. The fourth-order valence-corrected chi connectivity index (χ4v) is 2.32. The minimum atomic E-state index is -0.272. The molecule has 0 fully saturated rings. The number of hydrogen-bond donors (Lipinski definition) is 2. The topological polar surface area (TPSA) is 61.8 Å². The van der Waals surface area contributed by atoms with Gasteiger partial charge in [-0.05, 0) is 24.5 Å². The summed E-state index contributed by atoms with van der Waals surface area (Å²) in [7, 11) is 0. The predicted octanol–water partition coefficient (Wildman–Crippen LogP) is 2.21. The van der Waals surface area contributed by atoms with Crippen molar-refractivity contribution in [2.75, 3.05) is 18.0 Å². The molecule has 0 bridgehead atoms. The molecule has 4 nitrogen and oxygen atoms in total. The van der Waals surface area contributed by atoms with Crippen LogP contribution in [0.1, 0.15) is 25.8 Å². The van der Waals surface area contributed by atoms with E-state index >= 15 is 0 Å². The zero-order valence-electron chi connectivity index (χ0n) is 11.1. The first kappa shape index (κ1) is 12.7. The lowest BCUT2D eigenvalue weighted by Gasteiger charge is -2.27. The van der Waals surface area contributed by atoms with Crippen molar-refractivity contribution in [1.82, 2.24) is 0 Å². The van der Waals surface area contributed by atoms with Crippen LogP contribution in [0.5, 0.6) is 0 Å². The van der Waals surface area contributed by atoms with Crippen molar-refractivity contribution in [2.45, 2.75) is 26.7 Å². The molecule has 4 heteroatoms. The average Bonchev–Trinajstić information content (AvgIpc) is 2.78. The van der Waals surface area contributed by atoms with Crippen LogP contribution in [0, 0.1) is 5.41 Å². The molecule has 0 spiro atoms. The highest BCUT2D eigenvalue weighted by molar-refractivity contribution is 5.85. The van der Waals surface area contributed by atoms with Crippen molar-refractivity contribution in [3.63, 3.8) is 0 Å². The standard InChI is InChI=1S/C14H21N3O/c1-14(2,13(15)16-18)8-10-17-9-7-11-5-3-4-6-12(11)17/h3-6,18H,7-10H2,1-2H3,(H2,15,16). The number of fused-ring (bicyclic) bond motifs is 1. The van der Waals surface area contributed by atoms with Crippen LogP contribution in [0.2, 0.25) is 0 Å². The summed E-state index contributed by atoms with van der Waals surface area (Å²) in [6, 6.07) is 8.51. The Hall–Kier alpha value is -1.71. The fraction of sp³-hybridized carbons (Fsp3) is 0.500. The summed E-state index contributed by atoms with van der Waals surface area (Å²) in [5.41, 5.74) is 8.18. The summed E-state index contributed by atoms with van der Waals surface area (Å²) in [5, 5.41) is 11.9. The maximum Gasteiger partial charge on any atom is 0.144 e. The molecule has 18 heavy (non-hydrogen) atoms. The lowest BCUT2D eigenvalue weighted by Crippen LogP contribution is -2.36. The molecule has 98 valence electrons. The third-order valence-corrected chi connectivity index (χ3v) is 3.79. The molecule has 0 aliphatic carbocycles. The van der Waals surface area contributed by atoms with Crippen molar-refractivity contribution in [2.24, 2.45) is 16.3 Å². The van der Waals surface area contributed by atoms with Crippen LogP contribution in [0.3, 0.4) is 0 Å². The molecule has 1 aliphatic heterocycles. The van der Waals surface area contributed by atoms with Crippen molar-refractivity contribution in [3.8, 4) is 0 Å². The first-order valence-electron chi connectivity index (χ1n) is 6.35. The third-order valence-electron chi connectivity index (χ3n) is 3.79. The van der Waals surface area contributed by atoms with Gasteiger partial charge in [0.1, 0.15) is 5.84 Å². The SMILES string of the molecule is CC(C)(CCN1CCc2ccccc21)C(N)=NO. The predicted molar refractivity (Wildman–Crippen MR) is 74.2 cm³/mol. The molecule has 0 radical (unpaired) electrons. The van der Waals surface area contributed by atoms with E-state index in [0.29, 0.717) is 5.84 Å². The van der Waals surface area contributed by atoms with Gasteiger partial charge in [0, 0.05) is 24.2 Å². The fourth-order valence-electron chi connectivity index (χ4n) is 2.32. The lowest BCUT2D eigenvalue weighted by molar-refractivity contribution is 0.305. The third kappa shape index (κ3) is 2.42. The molecular formula is C14H21N3O. The van der Waals surface area contributed by atoms with Gasteiger partial charge >= 0.3 is 0 Å². The molecule has 1 aliphatic rings. The first-order valence-corrected chi connectivity index (χ1v) is 6.35. The number of oxime groups is 1. The monoisotopic (exact) mass is 247 g/mol. The van der Waals surface area contributed by atoms with Gasteiger partial charge in [0.2, 0.25) is 0 Å². The highest BCUT2D eigenvalue weighted by Crippen LogP contribution is 2.29. The minimum Gasteiger partial charge on any atom is -0.409 e. The van der Waals surface area contributed by atoms with Crippen LogP contribution in [0.15, 0.2) is 29.4 Å². The number of nitrogens with zero attached hydrogens (tertiary/aromatic N) is 2. The van der Waals surface area contributed by atoms with Gasteiger partial charge < -0.3 is 15.8 Å². The van der Waals surface area contributed by atoms with E-state index in [1.54, 1.807) is 0 Å². The van der Waals surface area contributed by atoms with E-state index in [-0.39, 0.29) is 5.41 Å². The van der Waals surface area contributed by atoms with Gasteiger partial charge in [-0.3, -0.25) is 0 Å². The second kappa shape index (κ2) is 4.88. The zero-order chi connectivity index (χ0) is 13.2. The number of hydrogen-bond acceptors (Lipinski definition) is 3. The summed E-state index contributed by atoms with van der Waals surface area (Å²) in [5.74, 6) is 0.301. The maximum absolute atomic E-state index is 8.77. The molecule has 0 amide bonds. The number of para-hydroxylation sites is 1. The Bertz CT molecular complexity index is 454. The van der Waals surface area contributed by atoms with Gasteiger partial charge in [0.25, 0.3) is 0 Å². The normalized spacial score (nSPS) is 15.9. The van der Waals surface area contributed by atoms with Crippen LogP contribution in [0.25, 0.3) is 0 Å². The van der Waals surface area contributed by atoms with Crippen molar-refractivity contribution in [3.05, 3.63) is 29.8 Å². The Kier molecular flexibility index (Phi) is 3.45. The van der Waals surface area contributed by atoms with Gasteiger partial charge in [0.15, 0.2) is 0 Å². The zero-order valence-corrected chi connectivity index (χ0v) is 11.1. The average molecular weight is 247 g/mol. The maximum atomic E-state index is 8.77. The van der Waals surface area contributed by atoms with E-state index in [2.05, 4.69) is 34.3 Å². The molecule has 1 aromatic rings. The summed E-state index contributed by atoms with van der Waals surface area (Å²) < 4.78 is 0. The Labute approximate surface area is 108 Å². The number of benzene rings is 1. The van der Waals surface area contributed by atoms with Crippen molar-refractivity contribution in [1.29, 1.82) is 0 Å². The molecule has 0 unspecified atom stereocenters. The van der Waals surface area contributed by atoms with Gasteiger partial charge in [-0.25, -0.2) is 0 Å². The van der Waals surface area contributed by atoms with E-state index in [4.69, 9.17) is 10.9 Å². The summed E-state index contributed by atoms with van der Waals surface area (Å²) >= 11 is 0. The van der Waals surface area contributed by atoms with Gasteiger partial charge in [-0.15, -0.1) is 0 Å². The molecule has 0 aromatic heterocycles. The largest absolute Gasteiger partial charge is 0.409 e. The summed E-state index contributed by atoms with van der Waals surface area (Å²) in [6.07, 6.45) is 1.98. The number of nitrogens with two attached hydrogens (primary N) is 1. The number of amidine groups is 1. The van der Waals surface area contributed by atoms with Gasteiger partial charge in [-0.1, -0.05) is 37.2 Å². The second-order valence-electron chi connectivity index (χ2n) is 5.48. The molecular weight excluding hydrogens is 226 g/mol. The van der Waals surface area contributed by atoms with Gasteiger partial charge in [-0.2, -0.15) is 0 Å².